The molecule has 0 aromatic heterocycles. The Morgan fingerprint density at radius 2 is 2.04 bits per heavy atom. The van der Waals surface area contributed by atoms with Crippen LogP contribution < -0.4 is 5.32 Å². The van der Waals surface area contributed by atoms with Gasteiger partial charge in [0.2, 0.25) is 0 Å². The van der Waals surface area contributed by atoms with Crippen LogP contribution in [0.4, 0.5) is 15.8 Å². The number of hydrogen-bond acceptors (Lipinski definition) is 3. The van der Waals surface area contributed by atoms with E-state index in [2.05, 4.69) is 5.32 Å². The summed E-state index contributed by atoms with van der Waals surface area (Å²) in [6.45, 7) is 0. The van der Waals surface area contributed by atoms with Gasteiger partial charge in [0.15, 0.2) is 0 Å². The van der Waals surface area contributed by atoms with Crippen molar-refractivity contribution in [3.63, 3.8) is 0 Å². The van der Waals surface area contributed by atoms with E-state index < -0.39 is 4.92 Å². The Bertz CT molecular complexity index is 868. The van der Waals surface area contributed by atoms with Crippen molar-refractivity contribution in [2.24, 2.45) is 5.92 Å². The van der Waals surface area contributed by atoms with Gasteiger partial charge < -0.3 is 5.32 Å². The lowest BCUT2D eigenvalue weighted by molar-refractivity contribution is -0.384. The maximum absolute atomic E-state index is 14.3. The molecule has 0 amide bonds. The zero-order valence-electron chi connectivity index (χ0n) is 12.6. The fourth-order valence-electron chi connectivity index (χ4n) is 3.78. The van der Waals surface area contributed by atoms with Crippen LogP contribution in [0.15, 0.2) is 48.6 Å². The molecule has 0 fully saturated rings. The number of benzene rings is 2. The first kappa shape index (κ1) is 15.1. The molecule has 1 aliphatic carbocycles. The van der Waals surface area contributed by atoms with Crippen LogP contribution in [0.5, 0.6) is 0 Å². The monoisotopic (exact) mass is 344 g/mol. The summed E-state index contributed by atoms with van der Waals surface area (Å²) in [4.78, 5) is 10.7. The van der Waals surface area contributed by atoms with Crippen molar-refractivity contribution in [2.45, 2.75) is 18.4 Å². The second-order valence-corrected chi connectivity index (χ2v) is 6.55. The van der Waals surface area contributed by atoms with Crippen molar-refractivity contribution < 1.29 is 9.31 Å². The van der Waals surface area contributed by atoms with Gasteiger partial charge in [-0.2, -0.15) is 0 Å². The third kappa shape index (κ3) is 2.27. The molecule has 0 saturated heterocycles. The van der Waals surface area contributed by atoms with Gasteiger partial charge >= 0.3 is 0 Å². The third-order valence-electron chi connectivity index (χ3n) is 4.86. The highest BCUT2D eigenvalue weighted by Crippen LogP contribution is 2.52. The van der Waals surface area contributed by atoms with Crippen LogP contribution in [-0.2, 0) is 0 Å². The lowest BCUT2D eigenvalue weighted by Crippen LogP contribution is -2.30. The summed E-state index contributed by atoms with van der Waals surface area (Å²) in [6, 6.07) is 9.37. The SMILES string of the molecule is O=[N+]([O-])c1cc(Cl)c2c(c1)[C@@H]1C=CC[C@H]1[C@@H](c1ccccc1F)N2. The molecule has 1 aliphatic heterocycles. The number of nitrogens with one attached hydrogen (secondary N) is 1. The van der Waals surface area contributed by atoms with E-state index in [-0.39, 0.29) is 29.4 Å². The number of nitro benzene ring substituents is 1. The van der Waals surface area contributed by atoms with Crippen molar-refractivity contribution >= 4 is 23.0 Å². The highest BCUT2D eigenvalue weighted by atomic mass is 35.5. The lowest BCUT2D eigenvalue weighted by atomic mass is 9.77. The second kappa shape index (κ2) is 5.60. The number of rotatable bonds is 2. The quantitative estimate of drug-likeness (QED) is 0.462. The molecule has 3 atom stereocenters. The van der Waals surface area contributed by atoms with E-state index in [1.54, 1.807) is 18.2 Å². The molecule has 0 spiro atoms. The van der Waals surface area contributed by atoms with Gasteiger partial charge in [-0.05, 0) is 24.0 Å². The van der Waals surface area contributed by atoms with E-state index in [0.717, 1.165) is 12.0 Å². The van der Waals surface area contributed by atoms with E-state index in [1.807, 2.05) is 18.2 Å². The number of nitro groups is 1. The summed E-state index contributed by atoms with van der Waals surface area (Å²) < 4.78 is 14.3. The predicted octanol–water partition coefficient (Wildman–Crippen LogP) is 5.21. The van der Waals surface area contributed by atoms with Crippen molar-refractivity contribution in [1.82, 2.24) is 0 Å². The minimum atomic E-state index is -0.442. The molecular weight excluding hydrogens is 331 g/mol. The summed E-state index contributed by atoms with van der Waals surface area (Å²) >= 11 is 6.29. The Hall–Kier alpha value is -2.40. The Morgan fingerprint density at radius 1 is 1.25 bits per heavy atom. The number of allylic oxidation sites excluding steroid dienone is 2. The number of non-ortho nitro benzene ring substituents is 1. The molecule has 0 radical (unpaired) electrons. The van der Waals surface area contributed by atoms with Gasteiger partial charge in [-0.3, -0.25) is 10.1 Å². The topological polar surface area (TPSA) is 55.2 Å². The maximum atomic E-state index is 14.3. The number of nitrogens with zero attached hydrogens (tertiary/aromatic N) is 1. The summed E-state index contributed by atoms with van der Waals surface area (Å²) in [5.41, 5.74) is 2.03. The number of anilines is 1. The van der Waals surface area contributed by atoms with Gasteiger partial charge in [0.25, 0.3) is 5.69 Å². The van der Waals surface area contributed by atoms with Crippen LogP contribution in [0.1, 0.15) is 29.5 Å². The summed E-state index contributed by atoms with van der Waals surface area (Å²) in [5, 5.41) is 14.7. The van der Waals surface area contributed by atoms with Gasteiger partial charge in [0.05, 0.1) is 21.7 Å². The number of fused-ring (bicyclic) bond motifs is 3. The van der Waals surface area contributed by atoms with Gasteiger partial charge in [-0.15, -0.1) is 0 Å². The van der Waals surface area contributed by atoms with Gasteiger partial charge in [0, 0.05) is 23.6 Å². The van der Waals surface area contributed by atoms with Crippen molar-refractivity contribution in [1.29, 1.82) is 0 Å². The molecule has 4 nitrogen and oxygen atoms in total. The number of hydrogen-bond donors (Lipinski definition) is 1. The van der Waals surface area contributed by atoms with Gasteiger partial charge in [0.1, 0.15) is 5.82 Å². The van der Waals surface area contributed by atoms with Crippen molar-refractivity contribution in [3.8, 4) is 0 Å². The minimum absolute atomic E-state index is 0.0109. The molecule has 2 aromatic carbocycles. The molecule has 122 valence electrons. The molecule has 0 saturated carbocycles. The van der Waals surface area contributed by atoms with E-state index >= 15 is 0 Å². The summed E-state index contributed by atoms with van der Waals surface area (Å²) in [6.07, 6.45) is 4.88. The molecule has 2 aliphatic rings. The van der Waals surface area contributed by atoms with Crippen LogP contribution in [0, 0.1) is 21.8 Å². The van der Waals surface area contributed by atoms with Crippen molar-refractivity contribution in [3.05, 3.63) is 80.6 Å². The van der Waals surface area contributed by atoms with Gasteiger partial charge in [-0.25, -0.2) is 4.39 Å². The van der Waals surface area contributed by atoms with Crippen LogP contribution >= 0.6 is 11.6 Å². The summed E-state index contributed by atoms with van der Waals surface area (Å²) in [5.74, 6) is -0.169. The molecular formula is C18H14ClFN2O2. The standard InChI is InChI=1S/C18H14ClFN2O2/c19-15-9-10(22(23)24)8-14-11-5-3-6-12(11)17(21-18(14)15)13-4-1-2-7-16(13)20/h1-5,7-9,11-12,17,21H,6H2/t11-,12-,17+/m1/s1. The van der Waals surface area contributed by atoms with Crippen LogP contribution in [0.3, 0.4) is 0 Å². The van der Waals surface area contributed by atoms with Crippen LogP contribution in [-0.4, -0.2) is 4.92 Å². The molecule has 24 heavy (non-hydrogen) atoms. The van der Waals surface area contributed by atoms with Crippen molar-refractivity contribution in [2.75, 3.05) is 5.32 Å². The Balaban J connectivity index is 1.85. The number of halogens is 2. The van der Waals surface area contributed by atoms with Crippen LogP contribution in [0.2, 0.25) is 5.02 Å². The average molecular weight is 345 g/mol. The Labute approximate surface area is 143 Å². The maximum Gasteiger partial charge on any atom is 0.271 e. The first-order valence-electron chi connectivity index (χ1n) is 7.71. The van der Waals surface area contributed by atoms with Crippen LogP contribution in [0.25, 0.3) is 0 Å². The fourth-order valence-corrected chi connectivity index (χ4v) is 4.06. The smallest absolute Gasteiger partial charge is 0.271 e. The predicted molar refractivity (Wildman–Crippen MR) is 90.9 cm³/mol. The summed E-state index contributed by atoms with van der Waals surface area (Å²) in [7, 11) is 0. The largest absolute Gasteiger partial charge is 0.376 e. The molecule has 4 rings (SSSR count). The molecule has 0 unspecified atom stereocenters. The Morgan fingerprint density at radius 3 is 2.79 bits per heavy atom. The lowest BCUT2D eigenvalue weighted by Gasteiger charge is -2.37. The molecule has 1 heterocycles. The van der Waals surface area contributed by atoms with E-state index in [9.17, 15) is 14.5 Å². The highest BCUT2D eigenvalue weighted by Gasteiger charge is 2.40. The first-order valence-corrected chi connectivity index (χ1v) is 8.09. The normalized spacial score (nSPS) is 24.2. The highest BCUT2D eigenvalue weighted by molar-refractivity contribution is 6.33. The molecule has 0 bridgehead atoms. The second-order valence-electron chi connectivity index (χ2n) is 6.15. The zero-order chi connectivity index (χ0) is 16.8. The molecule has 2 aromatic rings. The molecule has 1 N–H and O–H groups in total. The van der Waals surface area contributed by atoms with E-state index in [1.165, 1.54) is 12.1 Å². The average Bonchev–Trinajstić information content (AvgIpc) is 3.05. The van der Waals surface area contributed by atoms with E-state index in [4.69, 9.17) is 11.6 Å². The minimum Gasteiger partial charge on any atom is -0.376 e. The zero-order valence-corrected chi connectivity index (χ0v) is 13.3. The first-order chi connectivity index (χ1) is 11.6. The van der Waals surface area contributed by atoms with E-state index in [0.29, 0.717) is 16.3 Å². The Kier molecular flexibility index (Phi) is 3.53. The molecule has 6 heteroatoms. The fraction of sp³-hybridized carbons (Fsp3) is 0.222. The third-order valence-corrected chi connectivity index (χ3v) is 5.15. The van der Waals surface area contributed by atoms with Gasteiger partial charge in [-0.1, -0.05) is 42.0 Å².